The molecule has 1 aromatic carbocycles. The van der Waals surface area contributed by atoms with Crippen molar-refractivity contribution in [2.75, 3.05) is 12.9 Å². The first-order chi connectivity index (χ1) is 11.6. The van der Waals surface area contributed by atoms with Crippen molar-refractivity contribution in [3.8, 4) is 0 Å². The molecule has 1 saturated carbocycles. The Morgan fingerprint density at radius 1 is 1.38 bits per heavy atom. The van der Waals surface area contributed by atoms with Crippen LogP contribution < -0.4 is 0 Å². The van der Waals surface area contributed by atoms with Gasteiger partial charge in [0.05, 0.1) is 6.61 Å². The third-order valence-corrected chi connectivity index (χ3v) is 4.77. The lowest BCUT2D eigenvalue weighted by Crippen LogP contribution is -2.14. The molecule has 1 aliphatic rings. The van der Waals surface area contributed by atoms with Crippen molar-refractivity contribution in [3.05, 3.63) is 46.3 Å². The number of esters is 1. The monoisotopic (exact) mass is 345 g/mol. The summed E-state index contributed by atoms with van der Waals surface area (Å²) in [6.07, 6.45) is 3.88. The van der Waals surface area contributed by atoms with Crippen molar-refractivity contribution >= 4 is 23.5 Å². The zero-order chi connectivity index (χ0) is 17.3. The number of rotatable bonds is 6. The molecule has 5 nitrogen and oxygen atoms in total. The van der Waals surface area contributed by atoms with Crippen LogP contribution in [0.15, 0.2) is 27.6 Å². The Bertz CT molecular complexity index is 792. The third kappa shape index (κ3) is 3.11. The summed E-state index contributed by atoms with van der Waals surface area (Å²) in [5.41, 5.74) is 1.67. The highest BCUT2D eigenvalue weighted by Crippen LogP contribution is 2.43. The number of nitrogens with zero attached hydrogens (tertiary/aromatic N) is 1. The predicted octanol–water partition coefficient (Wildman–Crippen LogP) is 3.99. The van der Waals surface area contributed by atoms with Crippen molar-refractivity contribution in [1.29, 1.82) is 0 Å². The fourth-order valence-corrected chi connectivity index (χ4v) is 3.14. The smallest absolute Gasteiger partial charge is 0.361 e. The van der Waals surface area contributed by atoms with Gasteiger partial charge in [-0.15, -0.1) is 11.8 Å². The van der Waals surface area contributed by atoms with Gasteiger partial charge in [-0.3, -0.25) is 4.79 Å². The van der Waals surface area contributed by atoms with Gasteiger partial charge in [-0.1, -0.05) is 5.16 Å². The zero-order valence-corrected chi connectivity index (χ0v) is 14.7. The highest BCUT2D eigenvalue weighted by molar-refractivity contribution is 7.98. The van der Waals surface area contributed by atoms with Crippen LogP contribution in [-0.2, 0) is 4.74 Å². The Morgan fingerprint density at radius 3 is 2.71 bits per heavy atom. The molecule has 3 rings (SSSR count). The van der Waals surface area contributed by atoms with E-state index < -0.39 is 5.97 Å². The molecule has 6 heteroatoms. The molecule has 1 aliphatic carbocycles. The van der Waals surface area contributed by atoms with Crippen molar-refractivity contribution in [1.82, 2.24) is 5.16 Å². The van der Waals surface area contributed by atoms with Crippen LogP contribution in [0.2, 0.25) is 0 Å². The molecule has 0 atom stereocenters. The fraction of sp³-hybridized carbons (Fsp3) is 0.389. The van der Waals surface area contributed by atoms with E-state index in [9.17, 15) is 9.59 Å². The minimum absolute atomic E-state index is 0.0166. The first-order valence-electron chi connectivity index (χ1n) is 7.92. The average molecular weight is 345 g/mol. The summed E-state index contributed by atoms with van der Waals surface area (Å²) >= 11 is 1.62. The summed E-state index contributed by atoms with van der Waals surface area (Å²) in [6, 6.07) is 5.66. The number of aromatic nitrogens is 1. The Balaban J connectivity index is 2.05. The van der Waals surface area contributed by atoms with E-state index in [0.29, 0.717) is 11.3 Å². The van der Waals surface area contributed by atoms with E-state index in [4.69, 9.17) is 9.26 Å². The van der Waals surface area contributed by atoms with Crippen molar-refractivity contribution in [2.24, 2.45) is 0 Å². The molecule has 126 valence electrons. The van der Waals surface area contributed by atoms with Crippen LogP contribution in [-0.4, -0.2) is 29.8 Å². The number of aryl methyl sites for hydroxylation is 1. The van der Waals surface area contributed by atoms with E-state index in [1.54, 1.807) is 24.8 Å². The SMILES string of the molecule is CCOC(=O)c1noc(C2CC2)c1C(=O)c1ccc(SC)cc1C. The van der Waals surface area contributed by atoms with Crippen molar-refractivity contribution in [2.45, 2.75) is 37.5 Å². The molecule has 0 unspecified atom stereocenters. The maximum absolute atomic E-state index is 13.1. The van der Waals surface area contributed by atoms with Crippen molar-refractivity contribution < 1.29 is 18.8 Å². The van der Waals surface area contributed by atoms with Gasteiger partial charge >= 0.3 is 5.97 Å². The van der Waals surface area contributed by atoms with E-state index in [1.807, 2.05) is 25.3 Å². The predicted molar refractivity (Wildman–Crippen MR) is 90.8 cm³/mol. The number of thioether (sulfide) groups is 1. The Kier molecular flexibility index (Phi) is 4.76. The van der Waals surface area contributed by atoms with Crippen LogP contribution >= 0.6 is 11.8 Å². The first-order valence-corrected chi connectivity index (χ1v) is 9.15. The van der Waals surface area contributed by atoms with E-state index >= 15 is 0 Å². The van der Waals surface area contributed by atoms with Crippen LogP contribution in [0.4, 0.5) is 0 Å². The van der Waals surface area contributed by atoms with Gasteiger partial charge in [-0.2, -0.15) is 0 Å². The molecule has 2 aromatic rings. The largest absolute Gasteiger partial charge is 0.461 e. The zero-order valence-electron chi connectivity index (χ0n) is 13.9. The van der Waals surface area contributed by atoms with Gasteiger partial charge in [0.1, 0.15) is 5.56 Å². The molecule has 0 spiro atoms. The summed E-state index contributed by atoms with van der Waals surface area (Å²) < 4.78 is 10.4. The average Bonchev–Trinajstić information content (AvgIpc) is 3.32. The molecule has 0 aliphatic heterocycles. The number of carbonyl (C=O) groups is 2. The minimum atomic E-state index is -0.616. The van der Waals surface area contributed by atoms with Crippen LogP contribution in [0.25, 0.3) is 0 Å². The van der Waals surface area contributed by atoms with Gasteiger partial charge in [-0.05, 0) is 56.7 Å². The molecular weight excluding hydrogens is 326 g/mol. The van der Waals surface area contributed by atoms with E-state index in [-0.39, 0.29) is 29.6 Å². The highest BCUT2D eigenvalue weighted by Gasteiger charge is 2.37. The molecule has 1 fully saturated rings. The molecule has 0 N–H and O–H groups in total. The Hall–Kier alpha value is -2.08. The van der Waals surface area contributed by atoms with Gasteiger partial charge in [0.25, 0.3) is 0 Å². The summed E-state index contributed by atoms with van der Waals surface area (Å²) in [5.74, 6) is -0.164. The number of benzene rings is 1. The van der Waals surface area contributed by atoms with Gasteiger partial charge in [0.15, 0.2) is 11.5 Å². The maximum atomic E-state index is 13.1. The maximum Gasteiger partial charge on any atom is 0.361 e. The first kappa shape index (κ1) is 16.8. The second-order valence-corrected chi connectivity index (χ2v) is 6.65. The summed E-state index contributed by atoms with van der Waals surface area (Å²) in [7, 11) is 0. The molecular formula is C18H19NO4S. The van der Waals surface area contributed by atoms with E-state index in [2.05, 4.69) is 5.16 Å². The molecule has 0 amide bonds. The second kappa shape index (κ2) is 6.81. The van der Waals surface area contributed by atoms with E-state index in [1.165, 1.54) is 0 Å². The summed E-state index contributed by atoms with van der Waals surface area (Å²) in [5, 5.41) is 3.83. The van der Waals surface area contributed by atoms with Gasteiger partial charge in [-0.25, -0.2) is 4.79 Å². The van der Waals surface area contributed by atoms with Crippen molar-refractivity contribution in [3.63, 3.8) is 0 Å². The van der Waals surface area contributed by atoms with Gasteiger partial charge < -0.3 is 9.26 Å². The van der Waals surface area contributed by atoms with Crippen LogP contribution in [0.5, 0.6) is 0 Å². The van der Waals surface area contributed by atoms with Crippen LogP contribution in [0, 0.1) is 6.92 Å². The molecule has 1 heterocycles. The third-order valence-electron chi connectivity index (χ3n) is 4.04. The van der Waals surface area contributed by atoms with Gasteiger partial charge in [0, 0.05) is 16.4 Å². The molecule has 0 bridgehead atoms. The lowest BCUT2D eigenvalue weighted by molar-refractivity contribution is 0.0512. The Morgan fingerprint density at radius 2 is 2.12 bits per heavy atom. The lowest BCUT2D eigenvalue weighted by Gasteiger charge is -2.08. The number of carbonyl (C=O) groups excluding carboxylic acids is 2. The topological polar surface area (TPSA) is 69.4 Å². The highest BCUT2D eigenvalue weighted by atomic mass is 32.2. The second-order valence-electron chi connectivity index (χ2n) is 5.78. The minimum Gasteiger partial charge on any atom is -0.461 e. The molecule has 1 aromatic heterocycles. The van der Waals surface area contributed by atoms with E-state index in [0.717, 1.165) is 23.3 Å². The normalized spacial score (nSPS) is 13.8. The molecule has 24 heavy (non-hydrogen) atoms. The summed E-state index contributed by atoms with van der Waals surface area (Å²) in [6.45, 7) is 3.83. The lowest BCUT2D eigenvalue weighted by atomic mass is 9.96. The molecule has 0 radical (unpaired) electrons. The van der Waals surface area contributed by atoms with Gasteiger partial charge in [0.2, 0.25) is 5.69 Å². The summed E-state index contributed by atoms with van der Waals surface area (Å²) in [4.78, 5) is 26.3. The quantitative estimate of drug-likeness (QED) is 0.448. The Labute approximate surface area is 144 Å². The number of ether oxygens (including phenoxy) is 1. The standard InChI is InChI=1S/C18H19NO4S/c1-4-22-18(21)15-14(17(23-19-15)11-5-6-11)16(20)13-8-7-12(24-3)9-10(13)2/h7-9,11H,4-6H2,1-3H3. The number of ketones is 1. The molecule has 0 saturated heterocycles. The van der Waals surface area contributed by atoms with Crippen LogP contribution in [0.3, 0.4) is 0 Å². The number of hydrogen-bond acceptors (Lipinski definition) is 6. The number of hydrogen-bond donors (Lipinski definition) is 0. The van der Waals surface area contributed by atoms with Crippen LogP contribution in [0.1, 0.15) is 63.4 Å². The fourth-order valence-electron chi connectivity index (χ4n) is 2.64.